The van der Waals surface area contributed by atoms with Gasteiger partial charge in [-0.25, -0.2) is 13.2 Å². The van der Waals surface area contributed by atoms with Crippen LogP contribution in [0.25, 0.3) is 0 Å². The van der Waals surface area contributed by atoms with Crippen molar-refractivity contribution < 1.29 is 18.0 Å². The Balaban J connectivity index is 1.87. The SMILES string of the molecule is CCCN(CCC)C(=O)CN1C(=O)N(c2ccc(CC)cc2)[C@H]2CS(=O)(=O)C[C@@H]21. The fourth-order valence-corrected chi connectivity index (χ4v) is 6.25. The van der Waals surface area contributed by atoms with Crippen LogP contribution in [-0.2, 0) is 21.1 Å². The van der Waals surface area contributed by atoms with E-state index in [1.54, 1.807) is 9.80 Å². The molecule has 1 aromatic rings. The van der Waals surface area contributed by atoms with E-state index in [0.717, 1.165) is 24.8 Å². The summed E-state index contributed by atoms with van der Waals surface area (Å²) < 4.78 is 24.7. The Morgan fingerprint density at radius 1 is 1.03 bits per heavy atom. The summed E-state index contributed by atoms with van der Waals surface area (Å²) in [7, 11) is -3.25. The molecule has 2 heterocycles. The predicted octanol–water partition coefficient (Wildman–Crippen LogP) is 2.31. The van der Waals surface area contributed by atoms with Crippen LogP contribution >= 0.6 is 0 Å². The van der Waals surface area contributed by atoms with Gasteiger partial charge in [-0.05, 0) is 37.0 Å². The zero-order valence-electron chi connectivity index (χ0n) is 17.5. The van der Waals surface area contributed by atoms with Crippen molar-refractivity contribution in [2.45, 2.75) is 52.1 Å². The lowest BCUT2D eigenvalue weighted by atomic mass is 10.1. The molecular formula is C21H31N3O4S. The number of anilines is 1. The second-order valence-electron chi connectivity index (χ2n) is 7.89. The van der Waals surface area contributed by atoms with E-state index in [2.05, 4.69) is 6.92 Å². The van der Waals surface area contributed by atoms with Crippen molar-refractivity contribution in [3.05, 3.63) is 29.8 Å². The summed E-state index contributed by atoms with van der Waals surface area (Å²) in [4.78, 5) is 30.9. The van der Waals surface area contributed by atoms with Crippen LogP contribution in [0.3, 0.4) is 0 Å². The van der Waals surface area contributed by atoms with Crippen molar-refractivity contribution >= 4 is 27.5 Å². The number of hydrogen-bond donors (Lipinski definition) is 0. The molecule has 3 rings (SSSR count). The van der Waals surface area contributed by atoms with E-state index in [1.807, 2.05) is 38.1 Å². The van der Waals surface area contributed by atoms with Gasteiger partial charge >= 0.3 is 6.03 Å². The lowest BCUT2D eigenvalue weighted by Gasteiger charge is -2.27. The Morgan fingerprint density at radius 2 is 1.62 bits per heavy atom. The molecular weight excluding hydrogens is 390 g/mol. The molecule has 2 fully saturated rings. The van der Waals surface area contributed by atoms with Gasteiger partial charge in [0.05, 0.1) is 23.6 Å². The van der Waals surface area contributed by atoms with Crippen molar-refractivity contribution in [2.75, 3.05) is 36.0 Å². The highest BCUT2D eigenvalue weighted by atomic mass is 32.2. The van der Waals surface area contributed by atoms with Crippen LogP contribution in [0, 0.1) is 0 Å². The average molecular weight is 422 g/mol. The maximum Gasteiger partial charge on any atom is 0.325 e. The Labute approximate surface area is 173 Å². The van der Waals surface area contributed by atoms with E-state index in [0.29, 0.717) is 18.8 Å². The molecule has 0 saturated carbocycles. The number of aryl methyl sites for hydroxylation is 1. The number of hydrogen-bond acceptors (Lipinski definition) is 4. The molecule has 2 aliphatic rings. The number of carbonyl (C=O) groups excluding carboxylic acids is 2. The standard InChI is InChI=1S/C21H31N3O4S/c1-4-11-22(12-5-2)20(25)13-23-18-14-29(27,28)15-19(18)24(21(23)26)17-9-7-16(6-3)8-10-17/h7-10,18-19H,4-6,11-15H2,1-3H3/t18-,19-/m0/s1. The third-order valence-corrected chi connectivity index (χ3v) is 7.44. The first kappa shape index (κ1) is 21.6. The molecule has 0 N–H and O–H groups in total. The summed E-state index contributed by atoms with van der Waals surface area (Å²) in [5, 5.41) is 0. The van der Waals surface area contributed by atoms with Crippen LogP contribution in [0.1, 0.15) is 39.2 Å². The van der Waals surface area contributed by atoms with Crippen molar-refractivity contribution in [1.29, 1.82) is 0 Å². The largest absolute Gasteiger partial charge is 0.341 e. The lowest BCUT2D eigenvalue weighted by Crippen LogP contribution is -2.46. The van der Waals surface area contributed by atoms with E-state index in [9.17, 15) is 18.0 Å². The van der Waals surface area contributed by atoms with Crippen molar-refractivity contribution in [3.63, 3.8) is 0 Å². The van der Waals surface area contributed by atoms with Crippen LogP contribution in [0.5, 0.6) is 0 Å². The van der Waals surface area contributed by atoms with Gasteiger partial charge in [-0.1, -0.05) is 32.9 Å². The monoisotopic (exact) mass is 421 g/mol. The first-order valence-electron chi connectivity index (χ1n) is 10.5. The zero-order chi connectivity index (χ0) is 21.2. The number of benzene rings is 1. The predicted molar refractivity (Wildman–Crippen MR) is 114 cm³/mol. The van der Waals surface area contributed by atoms with Crippen molar-refractivity contribution in [3.8, 4) is 0 Å². The van der Waals surface area contributed by atoms with Crippen LogP contribution in [-0.4, -0.2) is 73.4 Å². The molecule has 7 nitrogen and oxygen atoms in total. The van der Waals surface area contributed by atoms with E-state index < -0.39 is 21.9 Å². The highest BCUT2D eigenvalue weighted by Gasteiger charge is 2.54. The smallest absolute Gasteiger partial charge is 0.325 e. The quantitative estimate of drug-likeness (QED) is 0.604. The molecule has 0 aromatic heterocycles. The minimum Gasteiger partial charge on any atom is -0.341 e. The number of rotatable bonds is 8. The summed E-state index contributed by atoms with van der Waals surface area (Å²) in [6.45, 7) is 7.30. The fourth-order valence-electron chi connectivity index (χ4n) is 4.30. The van der Waals surface area contributed by atoms with Gasteiger partial charge in [0.1, 0.15) is 6.54 Å². The minimum absolute atomic E-state index is 0.0583. The van der Waals surface area contributed by atoms with E-state index in [4.69, 9.17) is 0 Å². The molecule has 2 atom stereocenters. The molecule has 0 unspecified atom stereocenters. The molecule has 29 heavy (non-hydrogen) atoms. The fraction of sp³-hybridized carbons (Fsp3) is 0.619. The van der Waals surface area contributed by atoms with Crippen molar-refractivity contribution in [2.24, 2.45) is 0 Å². The third kappa shape index (κ3) is 4.42. The van der Waals surface area contributed by atoms with E-state index >= 15 is 0 Å². The summed E-state index contributed by atoms with van der Waals surface area (Å²) in [5.41, 5.74) is 1.84. The van der Waals surface area contributed by atoms with E-state index in [1.165, 1.54) is 4.90 Å². The van der Waals surface area contributed by atoms with Crippen LogP contribution in [0.15, 0.2) is 24.3 Å². The first-order chi connectivity index (χ1) is 13.8. The Bertz CT molecular complexity index is 847. The van der Waals surface area contributed by atoms with Gasteiger partial charge in [0.25, 0.3) is 0 Å². The minimum atomic E-state index is -3.25. The Hall–Kier alpha value is -2.09. The van der Waals surface area contributed by atoms with Crippen molar-refractivity contribution in [1.82, 2.24) is 9.80 Å². The Kier molecular flexibility index (Phi) is 6.51. The van der Waals surface area contributed by atoms with Gasteiger partial charge in [0.15, 0.2) is 9.84 Å². The zero-order valence-corrected chi connectivity index (χ0v) is 18.3. The molecule has 3 amide bonds. The maximum absolute atomic E-state index is 13.2. The Morgan fingerprint density at radius 3 is 2.17 bits per heavy atom. The molecule has 0 bridgehead atoms. The van der Waals surface area contributed by atoms with Crippen LogP contribution in [0.4, 0.5) is 10.5 Å². The summed E-state index contributed by atoms with van der Waals surface area (Å²) in [5.74, 6) is -0.257. The van der Waals surface area contributed by atoms with Crippen LogP contribution in [0.2, 0.25) is 0 Å². The summed E-state index contributed by atoms with van der Waals surface area (Å²) in [6, 6.07) is 6.44. The lowest BCUT2D eigenvalue weighted by molar-refractivity contribution is -0.132. The second kappa shape index (κ2) is 8.73. The summed E-state index contributed by atoms with van der Waals surface area (Å²) >= 11 is 0. The number of carbonyl (C=O) groups is 2. The normalized spacial score (nSPS) is 22.8. The highest BCUT2D eigenvalue weighted by Crippen LogP contribution is 2.35. The second-order valence-corrected chi connectivity index (χ2v) is 10.0. The molecule has 160 valence electrons. The molecule has 0 radical (unpaired) electrons. The topological polar surface area (TPSA) is 78.0 Å². The first-order valence-corrected chi connectivity index (χ1v) is 12.3. The number of fused-ring (bicyclic) bond motifs is 1. The van der Waals surface area contributed by atoms with Gasteiger partial charge in [-0.3, -0.25) is 9.69 Å². The molecule has 8 heteroatoms. The molecule has 0 spiro atoms. The molecule has 2 saturated heterocycles. The molecule has 2 aliphatic heterocycles. The van der Waals surface area contributed by atoms with Gasteiger partial charge in [0, 0.05) is 18.8 Å². The van der Waals surface area contributed by atoms with Gasteiger partial charge in [-0.2, -0.15) is 0 Å². The number of sulfone groups is 1. The number of amides is 3. The highest BCUT2D eigenvalue weighted by molar-refractivity contribution is 7.91. The maximum atomic E-state index is 13.2. The average Bonchev–Trinajstić information content (AvgIpc) is 3.12. The molecule has 0 aliphatic carbocycles. The summed E-state index contributed by atoms with van der Waals surface area (Å²) in [6.07, 6.45) is 2.58. The van der Waals surface area contributed by atoms with Gasteiger partial charge in [0.2, 0.25) is 5.91 Å². The van der Waals surface area contributed by atoms with Crippen LogP contribution < -0.4 is 4.90 Å². The molecule has 1 aromatic carbocycles. The number of urea groups is 1. The van der Waals surface area contributed by atoms with Gasteiger partial charge in [-0.15, -0.1) is 0 Å². The van der Waals surface area contributed by atoms with Gasteiger partial charge < -0.3 is 9.80 Å². The third-order valence-electron chi connectivity index (χ3n) is 5.75. The number of nitrogens with zero attached hydrogens (tertiary/aromatic N) is 3. The van der Waals surface area contributed by atoms with E-state index in [-0.39, 0.29) is 30.0 Å².